The lowest BCUT2D eigenvalue weighted by atomic mass is 9.94. The molecule has 0 aliphatic carbocycles. The van der Waals surface area contributed by atoms with E-state index in [1.165, 1.54) is 12.3 Å². The number of carboxylic acids is 1. The zero-order chi connectivity index (χ0) is 43.7. The van der Waals surface area contributed by atoms with Gasteiger partial charge in [-0.25, -0.2) is 4.79 Å². The van der Waals surface area contributed by atoms with Crippen molar-refractivity contribution in [3.05, 3.63) is 106 Å². The van der Waals surface area contributed by atoms with Crippen molar-refractivity contribution in [1.29, 1.82) is 0 Å². The summed E-state index contributed by atoms with van der Waals surface area (Å²) in [6.07, 6.45) is -4.78. The maximum Gasteiger partial charge on any atom is 0.408 e. The van der Waals surface area contributed by atoms with Crippen molar-refractivity contribution < 1.29 is 37.3 Å². The van der Waals surface area contributed by atoms with Gasteiger partial charge in [-0.2, -0.15) is 27.7 Å². The molecule has 1 aliphatic heterocycles. The first-order valence-electron chi connectivity index (χ1n) is 19.8. The first kappa shape index (κ1) is 43.3. The molecule has 0 bridgehead atoms. The molecule has 4 heterocycles. The third kappa shape index (κ3) is 9.49. The first-order chi connectivity index (χ1) is 29.7. The second kappa shape index (κ2) is 18.1. The largest absolute Gasteiger partial charge is 0.491 e. The summed E-state index contributed by atoms with van der Waals surface area (Å²) in [5.41, 5.74) is 5.22. The number of hydrogen-bond donors (Lipinski definition) is 1. The number of benzene rings is 4. The van der Waals surface area contributed by atoms with Gasteiger partial charge in [0.05, 0.1) is 26.3 Å². The Morgan fingerprint density at radius 3 is 2.52 bits per heavy atom. The zero-order valence-corrected chi connectivity index (χ0v) is 36.3. The second-order valence-corrected chi connectivity index (χ2v) is 16.8. The predicted octanol–water partition coefficient (Wildman–Crippen LogP) is 9.17. The highest BCUT2D eigenvalue weighted by Gasteiger charge is 2.30. The van der Waals surface area contributed by atoms with Crippen molar-refractivity contribution in [2.45, 2.75) is 38.8 Å². The van der Waals surface area contributed by atoms with E-state index in [-0.39, 0.29) is 30.4 Å². The molecule has 1 fully saturated rings. The summed E-state index contributed by atoms with van der Waals surface area (Å²) in [5.74, 6) is -0.304. The summed E-state index contributed by atoms with van der Waals surface area (Å²) < 4.78 is 65.9. The summed E-state index contributed by atoms with van der Waals surface area (Å²) in [4.78, 5) is 17.6. The number of alkyl halides is 3. The van der Waals surface area contributed by atoms with Crippen molar-refractivity contribution in [1.82, 2.24) is 33.7 Å². The van der Waals surface area contributed by atoms with E-state index in [2.05, 4.69) is 26.3 Å². The van der Waals surface area contributed by atoms with Gasteiger partial charge in [0, 0.05) is 68.4 Å². The third-order valence-corrected chi connectivity index (χ3v) is 12.4. The average molecular weight is 909 g/mol. The number of nitrogens with zero attached hydrogens (tertiary/aromatic N) is 7. The Hall–Kier alpha value is -5.39. The van der Waals surface area contributed by atoms with Crippen LogP contribution in [0.3, 0.4) is 0 Å². The number of fused-ring (bicyclic) bond motifs is 2. The van der Waals surface area contributed by atoms with E-state index >= 15 is 0 Å². The number of ether oxygens (including phenoxy) is 3. The molecule has 0 amide bonds. The molecule has 324 valence electrons. The van der Waals surface area contributed by atoms with Gasteiger partial charge in [-0.1, -0.05) is 47.5 Å². The molecular formula is C44H42Cl2F3N7O5S. The summed E-state index contributed by atoms with van der Waals surface area (Å²) in [5, 5.41) is 21.7. The van der Waals surface area contributed by atoms with Gasteiger partial charge in [0.15, 0.2) is 0 Å². The van der Waals surface area contributed by atoms with Crippen LogP contribution >= 0.6 is 34.7 Å². The Bertz CT molecular complexity index is 2750. The second-order valence-electron chi connectivity index (χ2n) is 15.2. The van der Waals surface area contributed by atoms with Crippen molar-refractivity contribution in [3.63, 3.8) is 0 Å². The number of aliphatic carboxylic acids is 1. The topological polar surface area (TPSA) is 120 Å². The quantitative estimate of drug-likeness (QED) is 0.107. The molecule has 3 aromatic heterocycles. The molecule has 1 N–H and O–H groups in total. The number of aryl methyl sites for hydroxylation is 1. The van der Waals surface area contributed by atoms with Crippen LogP contribution in [0.4, 0.5) is 13.2 Å². The van der Waals surface area contributed by atoms with E-state index in [9.17, 15) is 23.1 Å². The number of rotatable bonds is 15. The summed E-state index contributed by atoms with van der Waals surface area (Å²) in [6.45, 7) is 5.62. The predicted molar refractivity (Wildman–Crippen MR) is 234 cm³/mol. The highest BCUT2D eigenvalue weighted by molar-refractivity contribution is 7.13. The maximum absolute atomic E-state index is 13.1. The lowest BCUT2D eigenvalue weighted by molar-refractivity contribution is -0.145. The molecule has 7 aromatic rings. The number of aromatic nitrogens is 5. The van der Waals surface area contributed by atoms with E-state index in [1.807, 2.05) is 56.4 Å². The van der Waals surface area contributed by atoms with Crippen LogP contribution < -0.4 is 14.2 Å². The normalized spacial score (nSPS) is 14.5. The van der Waals surface area contributed by atoms with Gasteiger partial charge in [-0.15, -0.1) is 0 Å². The van der Waals surface area contributed by atoms with Gasteiger partial charge in [0.2, 0.25) is 12.0 Å². The minimum Gasteiger partial charge on any atom is -0.491 e. The Balaban J connectivity index is 1.13. The molecule has 62 heavy (non-hydrogen) atoms. The monoisotopic (exact) mass is 907 g/mol. The first-order valence-corrected chi connectivity index (χ1v) is 21.3. The van der Waals surface area contributed by atoms with Crippen LogP contribution in [-0.2, 0) is 31.4 Å². The van der Waals surface area contributed by atoms with Crippen LogP contribution in [0.5, 0.6) is 17.4 Å². The Kier molecular flexibility index (Phi) is 12.7. The highest BCUT2D eigenvalue weighted by Crippen LogP contribution is 2.45. The molecule has 1 aliphatic rings. The van der Waals surface area contributed by atoms with E-state index in [0.29, 0.717) is 49.3 Å². The Labute approximate surface area is 369 Å². The fourth-order valence-corrected chi connectivity index (χ4v) is 8.78. The number of carboxylic acid groups (broad SMARTS) is 1. The van der Waals surface area contributed by atoms with Gasteiger partial charge >= 0.3 is 12.1 Å². The standard InChI is InChI=1S/C44H42Cl2F3N7O5S/c1-26-31(10-11-36(40(26)46)59-19-18-55-16-14-53(2)15-17-55)33-20-28(41-32-9-8-29(45)23-34(32)54(3)51-41)22-38-39(33)42(52-62-38)61-37(43(57)58)21-27-6-4-5-7-35(27)60-24-30-12-13-50-56(30)25-44(47,48)49/h4-13,20,22-23,37H,14-19,21,24-25H2,1-3H3,(H,57,58). The minimum absolute atomic E-state index is 0.106. The van der Waals surface area contributed by atoms with Crippen molar-refractivity contribution >= 4 is 61.7 Å². The van der Waals surface area contributed by atoms with E-state index in [0.717, 1.165) is 76.5 Å². The number of likely N-dealkylation sites (N-methyl/N-ethyl adjacent to an activating group) is 1. The molecule has 18 heteroatoms. The maximum atomic E-state index is 13.1. The van der Waals surface area contributed by atoms with Crippen molar-refractivity contribution in [2.75, 3.05) is 46.4 Å². The van der Waals surface area contributed by atoms with Crippen LogP contribution in [0.1, 0.15) is 16.8 Å². The molecule has 12 nitrogen and oxygen atoms in total. The number of hydrogen-bond acceptors (Lipinski definition) is 10. The zero-order valence-electron chi connectivity index (χ0n) is 34.0. The number of para-hydroxylation sites is 1. The third-order valence-electron chi connectivity index (χ3n) is 10.9. The van der Waals surface area contributed by atoms with Crippen LogP contribution in [0.25, 0.3) is 43.4 Å². The van der Waals surface area contributed by atoms with E-state index < -0.39 is 24.8 Å². The van der Waals surface area contributed by atoms with Gasteiger partial charge in [-0.05, 0) is 96.3 Å². The van der Waals surface area contributed by atoms with Crippen LogP contribution in [0.2, 0.25) is 10.0 Å². The van der Waals surface area contributed by atoms with Crippen molar-refractivity contribution in [3.8, 4) is 39.8 Å². The molecule has 1 atom stereocenters. The van der Waals surface area contributed by atoms with Crippen molar-refractivity contribution in [2.24, 2.45) is 7.05 Å². The Morgan fingerprint density at radius 2 is 1.74 bits per heavy atom. The SMILES string of the molecule is Cc1c(-c2cc(-c3nn(C)c4cc(Cl)ccc34)cc3snc(OC(Cc4ccccc4OCc4ccnn4CC(F)(F)F)C(=O)O)c23)ccc(OCCN2CCN(C)CC2)c1Cl. The summed E-state index contributed by atoms with van der Waals surface area (Å²) in [7, 11) is 3.97. The number of halogens is 5. The molecule has 1 saturated heterocycles. The fraction of sp³-hybridized carbons (Fsp3) is 0.318. The molecule has 8 rings (SSSR count). The van der Waals surface area contributed by atoms with Crippen LogP contribution in [-0.4, -0.2) is 103 Å². The Morgan fingerprint density at radius 1 is 0.952 bits per heavy atom. The number of carbonyl (C=O) groups is 1. The lowest BCUT2D eigenvalue weighted by Gasteiger charge is -2.32. The van der Waals surface area contributed by atoms with E-state index in [1.54, 1.807) is 28.9 Å². The molecule has 0 radical (unpaired) electrons. The lowest BCUT2D eigenvalue weighted by Crippen LogP contribution is -2.45. The van der Waals surface area contributed by atoms with Gasteiger partial charge in [0.1, 0.15) is 37.0 Å². The van der Waals surface area contributed by atoms with Gasteiger partial charge in [0.25, 0.3) is 0 Å². The van der Waals surface area contributed by atoms with E-state index in [4.69, 9.17) is 42.5 Å². The van der Waals surface area contributed by atoms with Crippen LogP contribution in [0, 0.1) is 6.92 Å². The smallest absolute Gasteiger partial charge is 0.408 e. The minimum atomic E-state index is -4.47. The molecule has 1 unspecified atom stereocenters. The summed E-state index contributed by atoms with van der Waals surface area (Å²) >= 11 is 14.6. The van der Waals surface area contributed by atoms with Gasteiger partial charge < -0.3 is 24.2 Å². The summed E-state index contributed by atoms with van der Waals surface area (Å²) in [6, 6.07) is 21.5. The van der Waals surface area contributed by atoms with Gasteiger partial charge in [-0.3, -0.25) is 14.3 Å². The highest BCUT2D eigenvalue weighted by atomic mass is 35.5. The average Bonchev–Trinajstić information content (AvgIpc) is 3.95. The van der Waals surface area contributed by atoms with Crippen LogP contribution in [0.15, 0.2) is 79.0 Å². The molecular weight excluding hydrogens is 866 g/mol. The molecule has 4 aromatic carbocycles. The number of piperazine rings is 1. The molecule has 0 spiro atoms. The molecule has 0 saturated carbocycles. The fourth-order valence-electron chi connectivity index (χ4n) is 7.61.